The smallest absolute Gasteiger partial charge is 0.269 e. The molecule has 1 aromatic carbocycles. The quantitative estimate of drug-likeness (QED) is 0.390. The van der Waals surface area contributed by atoms with Gasteiger partial charge in [0.2, 0.25) is 12.3 Å². The van der Waals surface area contributed by atoms with Gasteiger partial charge < -0.3 is 9.26 Å². The highest BCUT2D eigenvalue weighted by Crippen LogP contribution is 2.56. The molecule has 0 aliphatic carbocycles. The molecule has 4 rings (SSSR count). The zero-order chi connectivity index (χ0) is 21.3. The summed E-state index contributed by atoms with van der Waals surface area (Å²) in [5, 5.41) is 25.4. The minimum absolute atomic E-state index is 0.0154. The van der Waals surface area contributed by atoms with Crippen LogP contribution in [0.4, 0.5) is 11.5 Å². The lowest BCUT2D eigenvalue weighted by molar-refractivity contribution is -0.384. The molecule has 3 heterocycles. The standard InChI is InChI=1S/C18H19N6O4PS/c1-13-16-17(23(21-13)8-2-7-19)20-18(14-3-5-15(6-4-14)24(25)26)28-29(16,30)22-9-11-27-12-10-22/h3-6H,2,8-12H2,1H3. The number of hydrogen-bond donors (Lipinski definition) is 0. The highest BCUT2D eigenvalue weighted by atomic mass is 32.4. The molecule has 1 fully saturated rings. The maximum Gasteiger partial charge on any atom is 0.269 e. The molecule has 10 nitrogen and oxygen atoms in total. The van der Waals surface area contributed by atoms with Gasteiger partial charge in [0, 0.05) is 30.8 Å². The first kappa shape index (κ1) is 20.6. The number of rotatable bonds is 5. The molecule has 1 atom stereocenters. The van der Waals surface area contributed by atoms with Gasteiger partial charge in [-0.25, -0.2) is 9.35 Å². The lowest BCUT2D eigenvalue weighted by atomic mass is 10.2. The molecule has 2 aliphatic rings. The van der Waals surface area contributed by atoms with Crippen LogP contribution in [0.3, 0.4) is 0 Å². The summed E-state index contributed by atoms with van der Waals surface area (Å²) in [6.07, 6.45) is -2.44. The first-order valence-corrected chi connectivity index (χ1v) is 12.0. The molecule has 2 aliphatic heterocycles. The summed E-state index contributed by atoms with van der Waals surface area (Å²) in [5.74, 6) is 0.905. The topological polar surface area (TPSA) is 119 Å². The average molecular weight is 446 g/mol. The number of benzene rings is 1. The van der Waals surface area contributed by atoms with Gasteiger partial charge in [0.25, 0.3) is 5.69 Å². The molecule has 30 heavy (non-hydrogen) atoms. The fourth-order valence-electron chi connectivity index (χ4n) is 3.45. The van der Waals surface area contributed by atoms with E-state index in [9.17, 15) is 10.1 Å². The van der Waals surface area contributed by atoms with Crippen LogP contribution in [0.1, 0.15) is 17.7 Å². The van der Waals surface area contributed by atoms with Crippen LogP contribution in [-0.2, 0) is 27.6 Å². The Balaban J connectivity index is 1.83. The van der Waals surface area contributed by atoms with Crippen molar-refractivity contribution in [1.29, 1.82) is 5.26 Å². The minimum Gasteiger partial charge on any atom is -0.431 e. The average Bonchev–Trinajstić information content (AvgIpc) is 3.09. The van der Waals surface area contributed by atoms with Crippen LogP contribution in [0, 0.1) is 28.4 Å². The van der Waals surface area contributed by atoms with Crippen molar-refractivity contribution >= 4 is 40.9 Å². The molecule has 0 radical (unpaired) electrons. The molecule has 1 aromatic heterocycles. The Bertz CT molecular complexity index is 1100. The summed E-state index contributed by atoms with van der Waals surface area (Å²) < 4.78 is 15.7. The summed E-state index contributed by atoms with van der Waals surface area (Å²) >= 11 is 6.14. The molecule has 0 saturated carbocycles. The first-order chi connectivity index (χ1) is 14.4. The van der Waals surface area contributed by atoms with Crippen molar-refractivity contribution in [3.05, 3.63) is 45.6 Å². The van der Waals surface area contributed by atoms with E-state index in [0.29, 0.717) is 50.1 Å². The SMILES string of the molecule is Cc1nn(CCC#N)c2c1P(=S)(N1CCOCC1)OC(c1ccc([N+](=O)[O-])cc1)=N2. The number of aromatic nitrogens is 2. The van der Waals surface area contributed by atoms with Gasteiger partial charge in [0.05, 0.1) is 42.9 Å². The van der Waals surface area contributed by atoms with E-state index in [4.69, 9.17) is 26.3 Å². The third-order valence-corrected chi connectivity index (χ3v) is 9.01. The van der Waals surface area contributed by atoms with Crippen LogP contribution >= 0.6 is 6.42 Å². The largest absolute Gasteiger partial charge is 0.431 e. The van der Waals surface area contributed by atoms with Gasteiger partial charge in [0.1, 0.15) is 5.30 Å². The van der Waals surface area contributed by atoms with Gasteiger partial charge in [-0.05, 0) is 30.9 Å². The molecule has 12 heteroatoms. The van der Waals surface area contributed by atoms with Crippen molar-refractivity contribution in [2.24, 2.45) is 4.99 Å². The third kappa shape index (κ3) is 3.63. The summed E-state index contributed by atoms with van der Waals surface area (Å²) in [4.78, 5) is 15.2. The van der Waals surface area contributed by atoms with Gasteiger partial charge in [-0.3, -0.25) is 10.1 Å². The van der Waals surface area contributed by atoms with Crippen molar-refractivity contribution in [2.75, 3.05) is 26.3 Å². The van der Waals surface area contributed by atoms with Crippen molar-refractivity contribution in [3.63, 3.8) is 0 Å². The normalized spacial score (nSPS) is 21.3. The maximum atomic E-state index is 11.0. The van der Waals surface area contributed by atoms with Crippen LogP contribution in [0.25, 0.3) is 0 Å². The molecule has 1 saturated heterocycles. The van der Waals surface area contributed by atoms with Crippen LogP contribution in [0.15, 0.2) is 29.3 Å². The number of aryl methyl sites for hydroxylation is 2. The summed E-state index contributed by atoms with van der Waals surface area (Å²) in [7, 11) is 0. The summed E-state index contributed by atoms with van der Waals surface area (Å²) in [6.45, 7) is 4.65. The number of nitrogens with zero attached hydrogens (tertiary/aromatic N) is 6. The van der Waals surface area contributed by atoms with Gasteiger partial charge in [-0.15, -0.1) is 0 Å². The van der Waals surface area contributed by atoms with Gasteiger partial charge >= 0.3 is 0 Å². The van der Waals surface area contributed by atoms with Crippen LogP contribution in [0.2, 0.25) is 0 Å². The zero-order valence-electron chi connectivity index (χ0n) is 16.2. The predicted octanol–water partition coefficient (Wildman–Crippen LogP) is 2.39. The van der Waals surface area contributed by atoms with Crippen molar-refractivity contribution in [1.82, 2.24) is 14.5 Å². The van der Waals surface area contributed by atoms with Gasteiger partial charge in [-0.2, -0.15) is 15.4 Å². The molecule has 0 spiro atoms. The highest BCUT2D eigenvalue weighted by molar-refractivity contribution is 8.15. The minimum atomic E-state index is -2.72. The van der Waals surface area contributed by atoms with E-state index in [1.165, 1.54) is 12.1 Å². The number of nitro benzene ring substituents is 1. The first-order valence-electron chi connectivity index (χ1n) is 9.35. The van der Waals surface area contributed by atoms with Crippen LogP contribution < -0.4 is 5.30 Å². The van der Waals surface area contributed by atoms with Gasteiger partial charge in [0.15, 0.2) is 5.82 Å². The number of morpholine rings is 1. The monoisotopic (exact) mass is 446 g/mol. The van der Waals surface area contributed by atoms with E-state index in [2.05, 4.69) is 20.8 Å². The number of nitriles is 1. The molecular formula is C18H19N6O4PS. The Morgan fingerprint density at radius 1 is 1.33 bits per heavy atom. The fraction of sp³-hybridized carbons (Fsp3) is 0.389. The third-order valence-electron chi connectivity index (χ3n) is 4.89. The Morgan fingerprint density at radius 3 is 2.67 bits per heavy atom. The second-order valence-corrected chi connectivity index (χ2v) is 10.5. The molecule has 156 valence electrons. The van der Waals surface area contributed by atoms with Crippen molar-refractivity contribution < 1.29 is 14.2 Å². The second-order valence-electron chi connectivity index (χ2n) is 6.79. The van der Waals surface area contributed by atoms with Crippen LogP contribution in [-0.4, -0.2) is 51.6 Å². The van der Waals surface area contributed by atoms with E-state index in [1.54, 1.807) is 16.8 Å². The molecule has 0 N–H and O–H groups in total. The maximum absolute atomic E-state index is 11.0. The van der Waals surface area contributed by atoms with E-state index in [1.807, 2.05) is 6.92 Å². The Hall–Kier alpha value is -2.64. The van der Waals surface area contributed by atoms with Crippen molar-refractivity contribution in [2.45, 2.75) is 19.9 Å². The second kappa shape index (κ2) is 8.24. The lowest BCUT2D eigenvalue weighted by Crippen LogP contribution is -2.39. The lowest BCUT2D eigenvalue weighted by Gasteiger charge is -2.38. The highest BCUT2D eigenvalue weighted by Gasteiger charge is 2.42. The summed E-state index contributed by atoms with van der Waals surface area (Å²) in [5.41, 5.74) is 1.32. The number of hydrogen-bond acceptors (Lipinski definition) is 8. The van der Waals surface area contributed by atoms with Crippen molar-refractivity contribution in [3.8, 4) is 6.07 Å². The summed E-state index contributed by atoms with van der Waals surface area (Å²) in [6, 6.07) is 8.15. The number of nitro groups is 1. The van der Waals surface area contributed by atoms with Crippen LogP contribution in [0.5, 0.6) is 0 Å². The Labute approximate surface area is 178 Å². The fourth-order valence-corrected chi connectivity index (χ4v) is 7.23. The number of non-ortho nitro benzene ring substituents is 1. The zero-order valence-corrected chi connectivity index (χ0v) is 17.9. The van der Waals surface area contributed by atoms with Gasteiger partial charge in [-0.1, -0.05) is 0 Å². The molecule has 1 unspecified atom stereocenters. The molecule has 2 aromatic rings. The van der Waals surface area contributed by atoms with E-state index in [-0.39, 0.29) is 12.1 Å². The molecular weight excluding hydrogens is 427 g/mol. The van der Waals surface area contributed by atoms with E-state index in [0.717, 1.165) is 11.0 Å². The Morgan fingerprint density at radius 2 is 2.03 bits per heavy atom. The Kier molecular flexibility index (Phi) is 5.66. The number of fused-ring (bicyclic) bond motifs is 1. The molecule has 0 amide bonds. The van der Waals surface area contributed by atoms with E-state index >= 15 is 0 Å². The van der Waals surface area contributed by atoms with E-state index < -0.39 is 11.3 Å². The predicted molar refractivity (Wildman–Crippen MR) is 114 cm³/mol. The number of ether oxygens (including phenoxy) is 1. The number of aliphatic imine (C=N–C) groups is 1. The molecule has 0 bridgehead atoms.